The number of imide groups is 1. The average Bonchev–Trinajstić information content (AvgIpc) is 2.61. The summed E-state index contributed by atoms with van der Waals surface area (Å²) in [6.45, 7) is 0.362. The number of hydrogen-bond donors (Lipinski definition) is 2. The van der Waals surface area contributed by atoms with Crippen molar-refractivity contribution in [2.24, 2.45) is 0 Å². The molecule has 0 aromatic heterocycles. The Kier molecular flexibility index (Phi) is 6.44. The Morgan fingerprint density at radius 3 is 2.33 bits per heavy atom. The molecule has 1 saturated heterocycles. The standard InChI is InChI=1S/C15H19F3N4O4S/c1-19-14(24)20-13(23)10-21-5-7-22(8-6-21)27(25,26)12-4-2-3-11(9-12)15(16,17)18/h2-4,9H,5-8,10H2,1H3,(H2,19,20,23,24). The van der Waals surface area contributed by atoms with Crippen molar-refractivity contribution in [3.8, 4) is 0 Å². The number of nitrogens with zero attached hydrogens (tertiary/aromatic N) is 2. The van der Waals surface area contributed by atoms with E-state index in [4.69, 9.17) is 0 Å². The fourth-order valence-electron chi connectivity index (χ4n) is 2.54. The molecule has 150 valence electrons. The molecule has 12 heteroatoms. The Morgan fingerprint density at radius 2 is 1.78 bits per heavy atom. The van der Waals surface area contributed by atoms with Crippen LogP contribution in [0.2, 0.25) is 0 Å². The molecule has 1 fully saturated rings. The number of carbonyl (C=O) groups excluding carboxylic acids is 2. The van der Waals surface area contributed by atoms with Gasteiger partial charge in [-0.25, -0.2) is 13.2 Å². The number of urea groups is 1. The number of nitrogens with one attached hydrogen (secondary N) is 2. The number of benzene rings is 1. The van der Waals surface area contributed by atoms with Crippen molar-refractivity contribution < 1.29 is 31.2 Å². The largest absolute Gasteiger partial charge is 0.416 e. The van der Waals surface area contributed by atoms with Gasteiger partial charge in [-0.15, -0.1) is 0 Å². The predicted molar refractivity (Wildman–Crippen MR) is 89.2 cm³/mol. The first-order chi connectivity index (χ1) is 12.5. The molecule has 0 atom stereocenters. The molecule has 2 rings (SSSR count). The second kappa shape index (κ2) is 8.23. The van der Waals surface area contributed by atoms with E-state index >= 15 is 0 Å². The molecule has 0 bridgehead atoms. The number of hydrogen-bond acceptors (Lipinski definition) is 5. The number of carbonyl (C=O) groups is 2. The summed E-state index contributed by atoms with van der Waals surface area (Å²) in [7, 11) is -2.72. The van der Waals surface area contributed by atoms with Gasteiger partial charge in [0.1, 0.15) is 0 Å². The molecule has 27 heavy (non-hydrogen) atoms. The zero-order chi connectivity index (χ0) is 20.2. The lowest BCUT2D eigenvalue weighted by Crippen LogP contribution is -2.52. The van der Waals surface area contributed by atoms with Gasteiger partial charge in [0, 0.05) is 33.2 Å². The van der Waals surface area contributed by atoms with E-state index < -0.39 is 38.6 Å². The van der Waals surface area contributed by atoms with Crippen LogP contribution in [0.5, 0.6) is 0 Å². The molecule has 2 N–H and O–H groups in total. The fourth-order valence-corrected chi connectivity index (χ4v) is 4.01. The van der Waals surface area contributed by atoms with E-state index in [1.54, 1.807) is 4.90 Å². The van der Waals surface area contributed by atoms with Crippen molar-refractivity contribution in [3.05, 3.63) is 29.8 Å². The molecule has 0 saturated carbocycles. The van der Waals surface area contributed by atoms with Gasteiger partial charge in [-0.3, -0.25) is 15.0 Å². The molecule has 3 amide bonds. The van der Waals surface area contributed by atoms with Gasteiger partial charge in [-0.1, -0.05) is 6.07 Å². The fraction of sp³-hybridized carbons (Fsp3) is 0.467. The van der Waals surface area contributed by atoms with Crippen molar-refractivity contribution in [2.45, 2.75) is 11.1 Å². The van der Waals surface area contributed by atoms with Gasteiger partial charge < -0.3 is 5.32 Å². The first kappa shape index (κ1) is 21.1. The third-order valence-corrected chi connectivity index (χ3v) is 5.87. The lowest BCUT2D eigenvalue weighted by atomic mass is 10.2. The number of rotatable bonds is 4. The Balaban J connectivity index is 2.01. The maximum Gasteiger partial charge on any atom is 0.416 e. The zero-order valence-electron chi connectivity index (χ0n) is 14.4. The summed E-state index contributed by atoms with van der Waals surface area (Å²) < 4.78 is 64.7. The van der Waals surface area contributed by atoms with Crippen molar-refractivity contribution in [1.29, 1.82) is 0 Å². The lowest BCUT2D eigenvalue weighted by Gasteiger charge is -2.33. The highest BCUT2D eigenvalue weighted by Gasteiger charge is 2.34. The summed E-state index contributed by atoms with van der Waals surface area (Å²) in [5, 5.41) is 4.33. The van der Waals surface area contributed by atoms with Crippen LogP contribution in [0.4, 0.5) is 18.0 Å². The van der Waals surface area contributed by atoms with E-state index in [9.17, 15) is 31.2 Å². The topological polar surface area (TPSA) is 98.8 Å². The van der Waals surface area contributed by atoms with Crippen LogP contribution in [0.3, 0.4) is 0 Å². The molecule has 0 radical (unpaired) electrons. The minimum absolute atomic E-state index is 0.0197. The molecule has 1 aliphatic heterocycles. The Hall–Kier alpha value is -2.18. The quantitative estimate of drug-likeness (QED) is 0.755. The molecule has 1 heterocycles. The van der Waals surface area contributed by atoms with Gasteiger partial charge in [0.2, 0.25) is 15.9 Å². The first-order valence-corrected chi connectivity index (χ1v) is 9.39. The predicted octanol–water partition coefficient (Wildman–Crippen LogP) is 0.467. The molecule has 0 spiro atoms. The minimum Gasteiger partial charge on any atom is -0.341 e. The van der Waals surface area contributed by atoms with Gasteiger partial charge in [0.25, 0.3) is 0 Å². The van der Waals surface area contributed by atoms with Crippen molar-refractivity contribution in [2.75, 3.05) is 39.8 Å². The van der Waals surface area contributed by atoms with Gasteiger partial charge >= 0.3 is 12.2 Å². The van der Waals surface area contributed by atoms with Gasteiger partial charge in [0.15, 0.2) is 0 Å². The Bertz CT molecular complexity index is 806. The number of piperazine rings is 1. The van der Waals surface area contributed by atoms with E-state index in [2.05, 4.69) is 10.6 Å². The second-order valence-electron chi connectivity index (χ2n) is 5.83. The van der Waals surface area contributed by atoms with Crippen molar-refractivity contribution in [3.63, 3.8) is 0 Å². The Labute approximate surface area is 154 Å². The van der Waals surface area contributed by atoms with E-state index in [-0.39, 0.29) is 32.7 Å². The van der Waals surface area contributed by atoms with Gasteiger partial charge in [-0.2, -0.15) is 17.5 Å². The van der Waals surface area contributed by atoms with Crippen molar-refractivity contribution >= 4 is 22.0 Å². The summed E-state index contributed by atoms with van der Waals surface area (Å²) in [5.74, 6) is -0.538. The van der Waals surface area contributed by atoms with Crippen LogP contribution in [0.25, 0.3) is 0 Å². The molecule has 8 nitrogen and oxygen atoms in total. The molecular weight excluding hydrogens is 389 g/mol. The van der Waals surface area contributed by atoms with Gasteiger partial charge in [0.05, 0.1) is 17.0 Å². The average molecular weight is 408 g/mol. The third-order valence-electron chi connectivity index (χ3n) is 3.98. The molecule has 0 aliphatic carbocycles. The maximum absolute atomic E-state index is 12.8. The molecular formula is C15H19F3N4O4S. The van der Waals surface area contributed by atoms with E-state index in [0.717, 1.165) is 22.5 Å². The van der Waals surface area contributed by atoms with E-state index in [0.29, 0.717) is 6.07 Å². The summed E-state index contributed by atoms with van der Waals surface area (Å²) in [6.07, 6.45) is -4.64. The van der Waals surface area contributed by atoms with Crippen molar-refractivity contribution in [1.82, 2.24) is 19.8 Å². The number of alkyl halides is 3. The zero-order valence-corrected chi connectivity index (χ0v) is 15.2. The maximum atomic E-state index is 12.8. The van der Waals surface area contributed by atoms with Crippen LogP contribution >= 0.6 is 0 Å². The van der Waals surface area contributed by atoms with Crippen LogP contribution in [-0.2, 0) is 21.0 Å². The number of amides is 3. The summed E-state index contributed by atoms with van der Waals surface area (Å²) in [5.41, 5.74) is -1.03. The van der Waals surface area contributed by atoms with Gasteiger partial charge in [-0.05, 0) is 18.2 Å². The highest BCUT2D eigenvalue weighted by molar-refractivity contribution is 7.89. The number of sulfonamides is 1. The van der Waals surface area contributed by atoms with Crippen LogP contribution in [0.15, 0.2) is 29.2 Å². The smallest absolute Gasteiger partial charge is 0.341 e. The van der Waals surface area contributed by atoms with Crippen LogP contribution in [-0.4, -0.2) is 69.3 Å². The summed E-state index contributed by atoms with van der Waals surface area (Å²) >= 11 is 0. The van der Waals surface area contributed by atoms with E-state index in [1.165, 1.54) is 7.05 Å². The highest BCUT2D eigenvalue weighted by atomic mass is 32.2. The third kappa shape index (κ3) is 5.40. The molecule has 1 aromatic carbocycles. The second-order valence-corrected chi connectivity index (χ2v) is 7.77. The summed E-state index contributed by atoms with van der Waals surface area (Å²) in [4.78, 5) is 24.0. The van der Waals surface area contributed by atoms with Crippen LogP contribution in [0.1, 0.15) is 5.56 Å². The molecule has 0 unspecified atom stereocenters. The molecule has 1 aliphatic rings. The van der Waals surface area contributed by atoms with E-state index in [1.807, 2.05) is 0 Å². The van der Waals surface area contributed by atoms with Crippen LogP contribution < -0.4 is 10.6 Å². The molecule has 1 aromatic rings. The number of halogens is 3. The minimum atomic E-state index is -4.64. The normalized spacial score (nSPS) is 16.7. The monoisotopic (exact) mass is 408 g/mol. The SMILES string of the molecule is CNC(=O)NC(=O)CN1CCN(S(=O)(=O)c2cccc(C(F)(F)F)c2)CC1. The highest BCUT2D eigenvalue weighted by Crippen LogP contribution is 2.31. The van der Waals surface area contributed by atoms with Crippen LogP contribution in [0, 0.1) is 0 Å². The summed E-state index contributed by atoms with van der Waals surface area (Å²) in [6, 6.07) is 2.94. The first-order valence-electron chi connectivity index (χ1n) is 7.95. The Morgan fingerprint density at radius 1 is 1.15 bits per heavy atom. The lowest BCUT2D eigenvalue weighted by molar-refractivity contribution is -0.137.